The molecule has 2 fully saturated rings. The van der Waals surface area contributed by atoms with E-state index in [9.17, 15) is 9.59 Å². The van der Waals surface area contributed by atoms with Crippen LogP contribution in [-0.4, -0.2) is 80.6 Å². The zero-order valence-electron chi connectivity index (χ0n) is 15.5. The molecule has 1 unspecified atom stereocenters. The van der Waals surface area contributed by atoms with Crippen molar-refractivity contribution in [2.45, 2.75) is 25.4 Å². The molecule has 9 nitrogen and oxygen atoms in total. The van der Waals surface area contributed by atoms with Gasteiger partial charge in [0.15, 0.2) is 0 Å². The molecule has 0 radical (unpaired) electrons. The maximum atomic E-state index is 12.7. The molecule has 1 aromatic carbocycles. The molecular weight excluding hydrogens is 382 g/mol. The van der Waals surface area contributed by atoms with Crippen molar-refractivity contribution in [1.82, 2.24) is 35.3 Å². The molecule has 0 spiro atoms. The fourth-order valence-corrected chi connectivity index (χ4v) is 3.68. The van der Waals surface area contributed by atoms with Gasteiger partial charge in [-0.05, 0) is 18.1 Å². The minimum Gasteiger partial charge on any atom is -0.339 e. The Kier molecular flexibility index (Phi) is 6.58. The molecule has 3 heterocycles. The van der Waals surface area contributed by atoms with Crippen molar-refractivity contribution in [1.29, 1.82) is 0 Å². The number of carbonyl (C=O) groups excluding carboxylic acids is 2. The van der Waals surface area contributed by atoms with Crippen LogP contribution in [0.25, 0.3) is 11.4 Å². The molecule has 2 aliphatic rings. The predicted molar refractivity (Wildman–Crippen MR) is 105 cm³/mol. The van der Waals surface area contributed by atoms with Crippen LogP contribution in [0.4, 0.5) is 0 Å². The summed E-state index contributed by atoms with van der Waals surface area (Å²) >= 11 is 0. The van der Waals surface area contributed by atoms with E-state index >= 15 is 0 Å². The van der Waals surface area contributed by atoms with Gasteiger partial charge in [-0.1, -0.05) is 30.3 Å². The number of halogens is 1. The van der Waals surface area contributed by atoms with Gasteiger partial charge in [0.25, 0.3) is 0 Å². The number of nitrogens with zero attached hydrogens (tertiary/aromatic N) is 6. The number of amides is 2. The molecule has 2 amide bonds. The Morgan fingerprint density at radius 3 is 2.82 bits per heavy atom. The normalized spacial score (nSPS) is 20.0. The Morgan fingerprint density at radius 2 is 2.04 bits per heavy atom. The van der Waals surface area contributed by atoms with Crippen LogP contribution in [0.3, 0.4) is 0 Å². The van der Waals surface area contributed by atoms with Gasteiger partial charge in [0.2, 0.25) is 17.6 Å². The summed E-state index contributed by atoms with van der Waals surface area (Å²) in [4.78, 5) is 29.9. The van der Waals surface area contributed by atoms with Crippen LogP contribution in [0, 0.1) is 0 Å². The summed E-state index contributed by atoms with van der Waals surface area (Å²) in [6.45, 7) is 3.23. The first kappa shape index (κ1) is 20.2. The molecule has 150 valence electrons. The number of hydrogen-bond donors (Lipinski definition) is 1. The van der Waals surface area contributed by atoms with Gasteiger partial charge in [-0.2, -0.15) is 4.80 Å². The Labute approximate surface area is 169 Å². The summed E-state index contributed by atoms with van der Waals surface area (Å²) in [6, 6.07) is 9.65. The molecule has 1 aromatic heterocycles. The third-order valence-electron chi connectivity index (χ3n) is 5.08. The number of benzene rings is 1. The van der Waals surface area contributed by atoms with E-state index in [-0.39, 0.29) is 36.8 Å². The highest BCUT2D eigenvalue weighted by molar-refractivity contribution is 5.85. The fraction of sp³-hybridized carbons (Fsp3) is 0.500. The van der Waals surface area contributed by atoms with Crippen molar-refractivity contribution >= 4 is 24.2 Å². The summed E-state index contributed by atoms with van der Waals surface area (Å²) in [5.41, 5.74) is 0.867. The second-order valence-electron chi connectivity index (χ2n) is 6.91. The first-order valence-electron chi connectivity index (χ1n) is 9.32. The third-order valence-corrected chi connectivity index (χ3v) is 5.08. The number of likely N-dealkylation sites (tertiary alicyclic amines) is 1. The standard InChI is InChI=1S/C18H23N7O2.ClH/c26-16-11-19-8-10-24(16)15-7-4-9-23(12-15)17(27)13-25-21-18(20-22-25)14-5-2-1-3-6-14;/h1-3,5-6,15,19H,4,7-13H2;1H. The number of nitrogens with one attached hydrogen (secondary N) is 1. The number of piperidine rings is 1. The number of aromatic nitrogens is 4. The predicted octanol–water partition coefficient (Wildman–Crippen LogP) is 0.185. The number of piperazine rings is 1. The number of hydrogen-bond acceptors (Lipinski definition) is 6. The molecule has 0 bridgehead atoms. The van der Waals surface area contributed by atoms with Crippen molar-refractivity contribution in [3.8, 4) is 11.4 Å². The number of rotatable bonds is 4. The molecule has 0 aliphatic carbocycles. The molecule has 2 aliphatic heterocycles. The minimum absolute atomic E-state index is 0. The molecule has 10 heteroatoms. The third kappa shape index (κ3) is 4.48. The average molecular weight is 406 g/mol. The first-order chi connectivity index (χ1) is 13.2. The van der Waals surface area contributed by atoms with Crippen molar-refractivity contribution in [3.63, 3.8) is 0 Å². The van der Waals surface area contributed by atoms with E-state index in [1.54, 1.807) is 0 Å². The zero-order chi connectivity index (χ0) is 18.6. The number of tetrazole rings is 1. The van der Waals surface area contributed by atoms with Gasteiger partial charge < -0.3 is 15.1 Å². The minimum atomic E-state index is -0.0423. The SMILES string of the molecule is Cl.O=C(Cn1nnc(-c2ccccc2)n1)N1CCCC(N2CCNCC2=O)C1. The molecule has 1 atom stereocenters. The largest absolute Gasteiger partial charge is 0.339 e. The monoisotopic (exact) mass is 405 g/mol. The Hall–Kier alpha value is -2.52. The lowest BCUT2D eigenvalue weighted by Crippen LogP contribution is -2.57. The first-order valence-corrected chi connectivity index (χ1v) is 9.32. The van der Waals surface area contributed by atoms with Gasteiger partial charge in [0.05, 0.1) is 6.54 Å². The lowest BCUT2D eigenvalue weighted by Gasteiger charge is -2.41. The Balaban J connectivity index is 0.00000225. The lowest BCUT2D eigenvalue weighted by atomic mass is 10.0. The molecule has 2 aromatic rings. The van der Waals surface area contributed by atoms with E-state index in [4.69, 9.17) is 0 Å². The van der Waals surface area contributed by atoms with Gasteiger partial charge in [-0.15, -0.1) is 22.6 Å². The molecular formula is C18H24ClN7O2. The molecule has 2 saturated heterocycles. The van der Waals surface area contributed by atoms with Crippen LogP contribution in [0.5, 0.6) is 0 Å². The van der Waals surface area contributed by atoms with Gasteiger partial charge in [-0.3, -0.25) is 9.59 Å². The molecule has 1 N–H and O–H groups in total. The molecule has 0 saturated carbocycles. The van der Waals surface area contributed by atoms with Crippen LogP contribution in [0.1, 0.15) is 12.8 Å². The topological polar surface area (TPSA) is 96.2 Å². The van der Waals surface area contributed by atoms with Crippen LogP contribution < -0.4 is 5.32 Å². The zero-order valence-corrected chi connectivity index (χ0v) is 16.3. The van der Waals surface area contributed by atoms with Crippen molar-refractivity contribution in [2.75, 3.05) is 32.7 Å². The second-order valence-corrected chi connectivity index (χ2v) is 6.91. The highest BCUT2D eigenvalue weighted by Gasteiger charge is 2.31. The van der Waals surface area contributed by atoms with E-state index < -0.39 is 0 Å². The highest BCUT2D eigenvalue weighted by atomic mass is 35.5. The van der Waals surface area contributed by atoms with Crippen LogP contribution in [-0.2, 0) is 16.1 Å². The van der Waals surface area contributed by atoms with Crippen molar-refractivity contribution in [3.05, 3.63) is 30.3 Å². The Bertz CT molecular complexity index is 813. The van der Waals surface area contributed by atoms with E-state index in [1.165, 1.54) is 4.80 Å². The quantitative estimate of drug-likeness (QED) is 0.779. The van der Waals surface area contributed by atoms with E-state index in [1.807, 2.05) is 40.1 Å². The maximum absolute atomic E-state index is 12.7. The van der Waals surface area contributed by atoms with Crippen molar-refractivity contribution in [2.24, 2.45) is 0 Å². The summed E-state index contributed by atoms with van der Waals surface area (Å²) in [7, 11) is 0. The smallest absolute Gasteiger partial charge is 0.246 e. The Morgan fingerprint density at radius 1 is 1.21 bits per heavy atom. The lowest BCUT2D eigenvalue weighted by molar-refractivity contribution is -0.141. The summed E-state index contributed by atoms with van der Waals surface area (Å²) < 4.78 is 0. The van der Waals surface area contributed by atoms with E-state index in [2.05, 4.69) is 20.7 Å². The van der Waals surface area contributed by atoms with Gasteiger partial charge in [-0.25, -0.2) is 0 Å². The van der Waals surface area contributed by atoms with Crippen molar-refractivity contribution < 1.29 is 9.59 Å². The van der Waals surface area contributed by atoms with Gasteiger partial charge in [0, 0.05) is 37.8 Å². The fourth-order valence-electron chi connectivity index (χ4n) is 3.68. The summed E-state index contributed by atoms with van der Waals surface area (Å²) in [5.74, 6) is 0.580. The van der Waals surface area contributed by atoms with Gasteiger partial charge >= 0.3 is 0 Å². The maximum Gasteiger partial charge on any atom is 0.246 e. The summed E-state index contributed by atoms with van der Waals surface area (Å²) in [6.07, 6.45) is 1.84. The van der Waals surface area contributed by atoms with Crippen LogP contribution >= 0.6 is 12.4 Å². The van der Waals surface area contributed by atoms with Gasteiger partial charge in [0.1, 0.15) is 6.54 Å². The van der Waals surface area contributed by atoms with E-state index in [0.29, 0.717) is 32.0 Å². The molecule has 28 heavy (non-hydrogen) atoms. The van der Waals surface area contributed by atoms with E-state index in [0.717, 1.165) is 24.9 Å². The molecule has 4 rings (SSSR count). The summed E-state index contributed by atoms with van der Waals surface area (Å²) in [5, 5.41) is 15.4. The second kappa shape index (κ2) is 9.11. The highest BCUT2D eigenvalue weighted by Crippen LogP contribution is 2.18. The number of carbonyl (C=O) groups is 2. The van der Waals surface area contributed by atoms with Crippen LogP contribution in [0.2, 0.25) is 0 Å². The average Bonchev–Trinajstić information content (AvgIpc) is 3.17. The van der Waals surface area contributed by atoms with Crippen LogP contribution in [0.15, 0.2) is 30.3 Å².